The van der Waals surface area contributed by atoms with E-state index in [2.05, 4.69) is 43.7 Å². The van der Waals surface area contributed by atoms with Crippen molar-refractivity contribution in [3.8, 4) is 0 Å². The Balaban J connectivity index is 1.53. The summed E-state index contributed by atoms with van der Waals surface area (Å²) >= 11 is 1.77. The number of thiophene rings is 1. The lowest BCUT2D eigenvalue weighted by Gasteiger charge is -2.29. The van der Waals surface area contributed by atoms with Crippen LogP contribution in [0.3, 0.4) is 0 Å². The summed E-state index contributed by atoms with van der Waals surface area (Å²) in [5.41, 5.74) is 1.31. The molecule has 2 atom stereocenters. The van der Waals surface area contributed by atoms with E-state index in [1.54, 1.807) is 17.7 Å². The number of tetrazole rings is 1. The molecule has 0 radical (unpaired) electrons. The topological polar surface area (TPSA) is 67.2 Å². The predicted octanol–water partition coefficient (Wildman–Crippen LogP) is 2.26. The number of amides is 1. The number of carbonyl (C=O) groups excluding carboxylic acids is 1. The third-order valence-electron chi connectivity index (χ3n) is 5.64. The van der Waals surface area contributed by atoms with Gasteiger partial charge in [0.25, 0.3) is 0 Å². The number of likely N-dealkylation sites (tertiary alicyclic amines) is 2. The Bertz CT molecular complexity index is 722. The molecule has 2 aliphatic rings. The molecule has 2 aromatic rings. The zero-order valence-electron chi connectivity index (χ0n) is 15.3. The average Bonchev–Trinajstić information content (AvgIpc) is 3.34. The first-order valence-corrected chi connectivity index (χ1v) is 10.4. The maximum Gasteiger partial charge on any atom is 0.240 e. The standard InChI is InChI=1S/C18H26N6OS/c1-14-6-9-26-17(14)12-23-11-15(24-13-19-20-21-24)10-16(23)18(25)22-7-4-2-3-5-8-22/h6,9,13,15-16H,2-5,7-8,10-12H2,1H3/t15-,16+/m1/s1. The minimum absolute atomic E-state index is 0.0798. The van der Waals surface area contributed by atoms with Crippen molar-refractivity contribution in [1.29, 1.82) is 0 Å². The van der Waals surface area contributed by atoms with Crippen LogP contribution in [0, 0.1) is 6.92 Å². The second-order valence-corrected chi connectivity index (χ2v) is 8.39. The summed E-state index contributed by atoms with van der Waals surface area (Å²) in [6.45, 7) is 5.58. The molecule has 2 aromatic heterocycles. The predicted molar refractivity (Wildman–Crippen MR) is 99.8 cm³/mol. The Hall–Kier alpha value is -1.80. The van der Waals surface area contributed by atoms with Crippen LogP contribution in [-0.2, 0) is 11.3 Å². The van der Waals surface area contributed by atoms with E-state index in [9.17, 15) is 4.79 Å². The summed E-state index contributed by atoms with van der Waals surface area (Å²) in [6.07, 6.45) is 7.17. The van der Waals surface area contributed by atoms with Gasteiger partial charge in [-0.15, -0.1) is 16.4 Å². The lowest BCUT2D eigenvalue weighted by Crippen LogP contribution is -2.45. The SMILES string of the molecule is Cc1ccsc1CN1C[C@H](n2cnnn2)C[C@H]1C(=O)N1CCCCCC1. The van der Waals surface area contributed by atoms with Crippen molar-refractivity contribution in [2.45, 2.75) is 57.7 Å². The minimum atomic E-state index is -0.0798. The summed E-state index contributed by atoms with van der Waals surface area (Å²) in [4.78, 5) is 19.1. The lowest BCUT2D eigenvalue weighted by molar-refractivity contribution is -0.136. The zero-order valence-corrected chi connectivity index (χ0v) is 16.1. The van der Waals surface area contributed by atoms with Crippen LogP contribution in [0.4, 0.5) is 0 Å². The fourth-order valence-corrected chi connectivity index (χ4v) is 5.02. The molecule has 0 N–H and O–H groups in total. The number of aromatic nitrogens is 4. The fourth-order valence-electron chi connectivity index (χ4n) is 4.09. The van der Waals surface area contributed by atoms with Gasteiger partial charge in [0.1, 0.15) is 6.33 Å². The molecule has 1 amide bonds. The summed E-state index contributed by atoms with van der Waals surface area (Å²) in [5, 5.41) is 13.8. The number of nitrogens with zero attached hydrogens (tertiary/aromatic N) is 6. The first kappa shape index (κ1) is 17.6. The largest absolute Gasteiger partial charge is 0.341 e. The van der Waals surface area contributed by atoms with Crippen LogP contribution in [0.1, 0.15) is 48.6 Å². The maximum atomic E-state index is 13.3. The van der Waals surface area contributed by atoms with E-state index in [1.165, 1.54) is 23.3 Å². The molecule has 4 heterocycles. The number of carbonyl (C=O) groups is 1. The Labute approximate surface area is 158 Å². The van der Waals surface area contributed by atoms with Crippen molar-refractivity contribution in [3.63, 3.8) is 0 Å². The van der Waals surface area contributed by atoms with Crippen molar-refractivity contribution in [2.24, 2.45) is 0 Å². The summed E-state index contributed by atoms with van der Waals surface area (Å²) in [6, 6.07) is 2.23. The highest BCUT2D eigenvalue weighted by molar-refractivity contribution is 7.10. The molecule has 8 heteroatoms. The quantitative estimate of drug-likeness (QED) is 0.821. The summed E-state index contributed by atoms with van der Waals surface area (Å²) in [5.74, 6) is 0.289. The van der Waals surface area contributed by atoms with Crippen molar-refractivity contribution < 1.29 is 4.79 Å². The molecule has 7 nitrogen and oxygen atoms in total. The summed E-state index contributed by atoms with van der Waals surface area (Å²) < 4.78 is 1.81. The highest BCUT2D eigenvalue weighted by Gasteiger charge is 2.40. The molecule has 0 saturated carbocycles. The lowest BCUT2D eigenvalue weighted by atomic mass is 10.1. The van der Waals surface area contributed by atoms with E-state index in [-0.39, 0.29) is 18.0 Å². The van der Waals surface area contributed by atoms with Crippen LogP contribution >= 0.6 is 11.3 Å². The molecule has 140 valence electrons. The molecular weight excluding hydrogens is 348 g/mol. The van der Waals surface area contributed by atoms with E-state index in [1.807, 2.05) is 4.68 Å². The van der Waals surface area contributed by atoms with E-state index in [0.717, 1.165) is 45.4 Å². The molecular formula is C18H26N6OS. The van der Waals surface area contributed by atoms with Crippen molar-refractivity contribution >= 4 is 17.2 Å². The first-order valence-electron chi connectivity index (χ1n) is 9.50. The fraction of sp³-hybridized carbons (Fsp3) is 0.667. The number of rotatable bonds is 4. The highest BCUT2D eigenvalue weighted by Crippen LogP contribution is 2.31. The van der Waals surface area contributed by atoms with Gasteiger partial charge in [0, 0.05) is 31.1 Å². The van der Waals surface area contributed by atoms with Crippen molar-refractivity contribution in [2.75, 3.05) is 19.6 Å². The first-order chi connectivity index (χ1) is 12.7. The third kappa shape index (κ3) is 3.66. The Kier molecular flexibility index (Phi) is 5.31. The van der Waals surface area contributed by atoms with Gasteiger partial charge in [-0.2, -0.15) is 0 Å². The Morgan fingerprint density at radius 1 is 1.27 bits per heavy atom. The molecule has 0 bridgehead atoms. The maximum absolute atomic E-state index is 13.3. The van der Waals surface area contributed by atoms with Gasteiger partial charge in [0.15, 0.2) is 0 Å². The zero-order chi connectivity index (χ0) is 17.9. The number of hydrogen-bond acceptors (Lipinski definition) is 6. The van der Waals surface area contributed by atoms with Crippen molar-refractivity contribution in [1.82, 2.24) is 30.0 Å². The van der Waals surface area contributed by atoms with E-state index in [4.69, 9.17) is 0 Å². The van der Waals surface area contributed by atoms with Crippen LogP contribution in [0.25, 0.3) is 0 Å². The van der Waals surface area contributed by atoms with Crippen LogP contribution in [0.15, 0.2) is 17.8 Å². The van der Waals surface area contributed by atoms with E-state index < -0.39 is 0 Å². The van der Waals surface area contributed by atoms with Gasteiger partial charge in [0.05, 0.1) is 12.1 Å². The normalized spacial score (nSPS) is 24.7. The Morgan fingerprint density at radius 2 is 2.08 bits per heavy atom. The van der Waals surface area contributed by atoms with Gasteiger partial charge < -0.3 is 4.90 Å². The molecule has 0 unspecified atom stereocenters. The van der Waals surface area contributed by atoms with Crippen LogP contribution in [0.2, 0.25) is 0 Å². The third-order valence-corrected chi connectivity index (χ3v) is 6.65. The monoisotopic (exact) mass is 374 g/mol. The number of hydrogen-bond donors (Lipinski definition) is 0. The molecule has 4 rings (SSSR count). The van der Waals surface area contributed by atoms with E-state index >= 15 is 0 Å². The molecule has 0 aromatic carbocycles. The highest BCUT2D eigenvalue weighted by atomic mass is 32.1. The van der Waals surface area contributed by atoms with Crippen LogP contribution < -0.4 is 0 Å². The smallest absolute Gasteiger partial charge is 0.240 e. The van der Waals surface area contributed by atoms with Crippen LogP contribution in [0.5, 0.6) is 0 Å². The van der Waals surface area contributed by atoms with Gasteiger partial charge in [-0.3, -0.25) is 9.69 Å². The second-order valence-electron chi connectivity index (χ2n) is 7.39. The van der Waals surface area contributed by atoms with Crippen molar-refractivity contribution in [3.05, 3.63) is 28.2 Å². The molecule has 2 aliphatic heterocycles. The molecule has 2 fully saturated rings. The minimum Gasteiger partial charge on any atom is -0.341 e. The second kappa shape index (κ2) is 7.84. The summed E-state index contributed by atoms with van der Waals surface area (Å²) in [7, 11) is 0. The molecule has 26 heavy (non-hydrogen) atoms. The van der Waals surface area contributed by atoms with Gasteiger partial charge in [-0.1, -0.05) is 12.8 Å². The Morgan fingerprint density at radius 3 is 2.73 bits per heavy atom. The van der Waals surface area contributed by atoms with Crippen LogP contribution in [-0.4, -0.2) is 61.6 Å². The molecule has 2 saturated heterocycles. The molecule has 0 spiro atoms. The van der Waals surface area contributed by atoms with Gasteiger partial charge in [-0.05, 0) is 53.6 Å². The van der Waals surface area contributed by atoms with Gasteiger partial charge >= 0.3 is 0 Å². The van der Waals surface area contributed by atoms with Gasteiger partial charge in [-0.25, -0.2) is 4.68 Å². The number of aryl methyl sites for hydroxylation is 1. The average molecular weight is 375 g/mol. The molecule has 0 aliphatic carbocycles. The van der Waals surface area contributed by atoms with Gasteiger partial charge in [0.2, 0.25) is 5.91 Å². The van der Waals surface area contributed by atoms with E-state index in [0.29, 0.717) is 0 Å².